The van der Waals surface area contributed by atoms with Crippen molar-refractivity contribution in [3.8, 4) is 0 Å². The fourth-order valence-electron chi connectivity index (χ4n) is 3.51. The van der Waals surface area contributed by atoms with Gasteiger partial charge in [-0.3, -0.25) is 9.89 Å². The minimum atomic E-state index is -0.534. The smallest absolute Gasteiger partial charge is 0.168 e. The van der Waals surface area contributed by atoms with Crippen LogP contribution >= 0.6 is 0 Å². The van der Waals surface area contributed by atoms with E-state index >= 15 is 0 Å². The molecule has 4 rings (SSSR count). The van der Waals surface area contributed by atoms with Crippen LogP contribution in [0.5, 0.6) is 0 Å². The molecule has 110 valence electrons. The van der Waals surface area contributed by atoms with Crippen LogP contribution in [0, 0.1) is 6.92 Å². The Hall–Kier alpha value is -2.33. The maximum Gasteiger partial charge on any atom is 0.168 e. The van der Waals surface area contributed by atoms with E-state index in [1.165, 1.54) is 11.1 Å². The van der Waals surface area contributed by atoms with Crippen molar-refractivity contribution in [1.29, 1.82) is 0 Å². The van der Waals surface area contributed by atoms with Gasteiger partial charge in [-0.15, -0.1) is 0 Å². The highest BCUT2D eigenvalue weighted by Gasteiger charge is 2.51. The first kappa shape index (κ1) is 13.3. The Morgan fingerprint density at radius 2 is 2.09 bits per heavy atom. The summed E-state index contributed by atoms with van der Waals surface area (Å²) in [5, 5.41) is 9.30. The predicted octanol–water partition coefficient (Wildman–Crippen LogP) is 3.68. The number of allylic oxidation sites excluding steroid dienone is 2. The van der Waals surface area contributed by atoms with Crippen LogP contribution in [0.3, 0.4) is 0 Å². The molecule has 1 aromatic rings. The molecule has 4 heteroatoms. The molecule has 22 heavy (non-hydrogen) atoms. The Morgan fingerprint density at radius 1 is 1.23 bits per heavy atom. The van der Waals surface area contributed by atoms with Gasteiger partial charge in [0.15, 0.2) is 5.54 Å². The van der Waals surface area contributed by atoms with Gasteiger partial charge < -0.3 is 0 Å². The third-order valence-electron chi connectivity index (χ3n) is 4.54. The molecular formula is C18H18N4. The largest absolute Gasteiger partial charge is 0.300 e. The van der Waals surface area contributed by atoms with Gasteiger partial charge in [-0.2, -0.15) is 10.2 Å². The number of rotatable bonds is 1. The molecule has 1 aliphatic carbocycles. The van der Waals surface area contributed by atoms with Gasteiger partial charge in [0.05, 0.1) is 17.4 Å². The number of azo groups is 1. The third kappa shape index (κ3) is 1.64. The monoisotopic (exact) mass is 290 g/mol. The molecule has 0 N–H and O–H groups in total. The lowest BCUT2D eigenvalue weighted by atomic mass is 9.71. The number of aliphatic imine (C=N–C) groups is 1. The van der Waals surface area contributed by atoms with Crippen molar-refractivity contribution in [2.75, 3.05) is 14.1 Å². The van der Waals surface area contributed by atoms with Gasteiger partial charge in [0.2, 0.25) is 0 Å². The molecule has 0 saturated heterocycles. The second kappa shape index (κ2) is 4.58. The summed E-state index contributed by atoms with van der Waals surface area (Å²) in [4.78, 5) is 6.76. The predicted molar refractivity (Wildman–Crippen MR) is 89.6 cm³/mol. The number of likely N-dealkylation sites (N-methyl/N-ethyl adjacent to an activating group) is 1. The normalized spacial score (nSPS) is 27.9. The van der Waals surface area contributed by atoms with Crippen LogP contribution in [0.1, 0.15) is 11.1 Å². The van der Waals surface area contributed by atoms with E-state index in [0.717, 1.165) is 17.0 Å². The van der Waals surface area contributed by atoms with Crippen LogP contribution in [0.25, 0.3) is 5.57 Å². The van der Waals surface area contributed by atoms with Crippen LogP contribution in [0.15, 0.2) is 63.9 Å². The van der Waals surface area contributed by atoms with Gasteiger partial charge in [0.1, 0.15) is 0 Å². The Morgan fingerprint density at radius 3 is 2.91 bits per heavy atom. The third-order valence-corrected chi connectivity index (χ3v) is 4.54. The van der Waals surface area contributed by atoms with E-state index in [1.54, 1.807) is 0 Å². The molecule has 4 nitrogen and oxygen atoms in total. The molecule has 1 aromatic carbocycles. The zero-order valence-corrected chi connectivity index (χ0v) is 13.0. The van der Waals surface area contributed by atoms with E-state index in [9.17, 15) is 0 Å². The summed E-state index contributed by atoms with van der Waals surface area (Å²) in [6.45, 7) is 2.11. The highest BCUT2D eigenvalue weighted by Crippen LogP contribution is 2.48. The molecule has 0 saturated carbocycles. The SMILES string of the molecule is Cc1ccc2c(c1)C1=CC=CC3=NC=CC(N(C)C)C13N=N2. The fraction of sp³-hybridized carbons (Fsp3) is 0.278. The maximum absolute atomic E-state index is 4.76. The van der Waals surface area contributed by atoms with Crippen LogP contribution in [-0.2, 0) is 0 Å². The highest BCUT2D eigenvalue weighted by molar-refractivity contribution is 6.16. The van der Waals surface area contributed by atoms with Gasteiger partial charge in [-0.25, -0.2) is 0 Å². The first-order chi connectivity index (χ1) is 10.6. The van der Waals surface area contributed by atoms with Crippen molar-refractivity contribution in [2.24, 2.45) is 15.2 Å². The summed E-state index contributed by atoms with van der Waals surface area (Å²) >= 11 is 0. The first-order valence-corrected chi connectivity index (χ1v) is 7.47. The number of hydrogen-bond donors (Lipinski definition) is 0. The fourth-order valence-corrected chi connectivity index (χ4v) is 3.51. The Balaban J connectivity index is 2.00. The van der Waals surface area contributed by atoms with Crippen LogP contribution < -0.4 is 0 Å². The van der Waals surface area contributed by atoms with Gasteiger partial charge in [-0.1, -0.05) is 23.8 Å². The van der Waals surface area contributed by atoms with E-state index in [1.807, 2.05) is 18.3 Å². The average molecular weight is 290 g/mol. The molecule has 0 aromatic heterocycles. The number of nitrogens with zero attached hydrogens (tertiary/aromatic N) is 4. The summed E-state index contributed by atoms with van der Waals surface area (Å²) in [5.41, 5.74) is 4.94. The van der Waals surface area contributed by atoms with Crippen molar-refractivity contribution in [3.63, 3.8) is 0 Å². The molecule has 2 atom stereocenters. The lowest BCUT2D eigenvalue weighted by molar-refractivity contribution is 0.294. The number of aryl methyl sites for hydroxylation is 1. The second-order valence-electron chi connectivity index (χ2n) is 6.19. The van der Waals surface area contributed by atoms with Crippen LogP contribution in [0.2, 0.25) is 0 Å². The summed E-state index contributed by atoms with van der Waals surface area (Å²) in [6, 6.07) is 6.42. The van der Waals surface area contributed by atoms with Gasteiger partial charge in [-0.05, 0) is 50.9 Å². The summed E-state index contributed by atoms with van der Waals surface area (Å²) < 4.78 is 0. The van der Waals surface area contributed by atoms with E-state index in [2.05, 4.69) is 66.4 Å². The quantitative estimate of drug-likeness (QED) is 0.777. The zero-order chi connectivity index (χ0) is 15.3. The summed E-state index contributed by atoms with van der Waals surface area (Å²) in [6.07, 6.45) is 10.2. The van der Waals surface area contributed by atoms with Gasteiger partial charge >= 0.3 is 0 Å². The van der Waals surface area contributed by atoms with E-state index in [-0.39, 0.29) is 6.04 Å². The summed E-state index contributed by atoms with van der Waals surface area (Å²) in [5.74, 6) is 0. The van der Waals surface area contributed by atoms with E-state index in [4.69, 9.17) is 5.11 Å². The molecular weight excluding hydrogens is 272 g/mol. The molecule has 1 spiro atoms. The zero-order valence-electron chi connectivity index (χ0n) is 13.0. The number of hydrogen-bond acceptors (Lipinski definition) is 4. The van der Waals surface area contributed by atoms with Crippen molar-refractivity contribution in [1.82, 2.24) is 4.90 Å². The molecule has 0 bridgehead atoms. The van der Waals surface area contributed by atoms with E-state index in [0.29, 0.717) is 0 Å². The van der Waals surface area contributed by atoms with Crippen LogP contribution in [-0.4, -0.2) is 36.3 Å². The summed E-state index contributed by atoms with van der Waals surface area (Å²) in [7, 11) is 4.15. The Kier molecular flexibility index (Phi) is 2.78. The second-order valence-corrected chi connectivity index (χ2v) is 6.19. The molecule has 3 aliphatic rings. The highest BCUT2D eigenvalue weighted by atomic mass is 15.2. The van der Waals surface area contributed by atoms with Crippen LogP contribution in [0.4, 0.5) is 5.69 Å². The molecule has 0 radical (unpaired) electrons. The van der Waals surface area contributed by atoms with Gasteiger partial charge in [0, 0.05) is 11.8 Å². The Bertz CT molecular complexity index is 795. The topological polar surface area (TPSA) is 40.3 Å². The lowest BCUT2D eigenvalue weighted by Gasteiger charge is -2.44. The molecule has 0 fully saturated rings. The average Bonchev–Trinajstić information content (AvgIpc) is 2.52. The molecule has 0 amide bonds. The minimum Gasteiger partial charge on any atom is -0.300 e. The standard InChI is InChI=1S/C18H18N4/c1-12-7-8-15-13(11-12)14-5-4-6-16-18(14,21-20-15)17(22(2)3)9-10-19-16/h4-11,17H,1-3H3. The van der Waals surface area contributed by atoms with Crippen molar-refractivity contribution >= 4 is 17.0 Å². The van der Waals surface area contributed by atoms with E-state index < -0.39 is 5.54 Å². The lowest BCUT2D eigenvalue weighted by Crippen LogP contribution is -2.55. The number of benzene rings is 1. The first-order valence-electron chi connectivity index (χ1n) is 7.47. The Labute approximate surface area is 130 Å². The van der Waals surface area contributed by atoms with Crippen molar-refractivity contribution in [3.05, 3.63) is 59.8 Å². The molecule has 2 aliphatic heterocycles. The molecule has 2 unspecified atom stereocenters. The van der Waals surface area contributed by atoms with Crippen molar-refractivity contribution < 1.29 is 0 Å². The maximum atomic E-state index is 4.76. The van der Waals surface area contributed by atoms with Crippen molar-refractivity contribution in [2.45, 2.75) is 18.5 Å². The van der Waals surface area contributed by atoms with Gasteiger partial charge in [0.25, 0.3) is 0 Å². The minimum absolute atomic E-state index is 0.105. The number of fused-ring (bicyclic) bond motifs is 2. The molecule has 2 heterocycles.